The molecule has 0 aliphatic heterocycles. The van der Waals surface area contributed by atoms with Crippen molar-refractivity contribution in [2.24, 2.45) is 40.4 Å². The molecule has 178 valence electrons. The van der Waals surface area contributed by atoms with Crippen LogP contribution in [0.1, 0.15) is 98.8 Å². The highest BCUT2D eigenvalue weighted by Crippen LogP contribution is 2.67. The predicted molar refractivity (Wildman–Crippen MR) is 127 cm³/mol. The average molecular weight is 433 g/mol. The van der Waals surface area contributed by atoms with E-state index in [2.05, 4.69) is 26.8 Å². The largest absolute Gasteiger partial charge is 0.393 e. The standard InChI is InChI=1S/C28H48O3/c1-18(7-12-25(30)26(2,3)31-6)22-10-11-23-21-9-8-19-17-20(29)13-15-27(19,4)24(21)14-16-28(22,23)5/h8,18,20-25,29-30H,7,9-17H2,1-6H3/t18-,20+,21+,22-,23+,24+,25?,27+,28-/m1/s1. The highest BCUT2D eigenvalue weighted by atomic mass is 16.5. The Bertz CT molecular complexity index is 684. The third kappa shape index (κ3) is 3.95. The third-order valence-electron chi connectivity index (χ3n) is 11.1. The molecule has 0 bridgehead atoms. The van der Waals surface area contributed by atoms with Crippen LogP contribution in [0.15, 0.2) is 11.6 Å². The van der Waals surface area contributed by atoms with E-state index in [1.807, 2.05) is 13.8 Å². The first-order valence-electron chi connectivity index (χ1n) is 13.1. The smallest absolute Gasteiger partial charge is 0.0880 e. The van der Waals surface area contributed by atoms with Crippen LogP contribution in [-0.2, 0) is 4.74 Å². The molecule has 3 saturated carbocycles. The van der Waals surface area contributed by atoms with Gasteiger partial charge in [-0.25, -0.2) is 0 Å². The fourth-order valence-corrected chi connectivity index (χ4v) is 8.72. The van der Waals surface area contributed by atoms with Crippen LogP contribution in [0, 0.1) is 40.4 Å². The van der Waals surface area contributed by atoms with Crippen molar-refractivity contribution in [1.82, 2.24) is 0 Å². The van der Waals surface area contributed by atoms with E-state index in [0.29, 0.717) is 16.7 Å². The van der Waals surface area contributed by atoms with E-state index >= 15 is 0 Å². The first-order valence-corrected chi connectivity index (χ1v) is 13.1. The van der Waals surface area contributed by atoms with Gasteiger partial charge >= 0.3 is 0 Å². The van der Waals surface area contributed by atoms with Gasteiger partial charge in [-0.3, -0.25) is 0 Å². The molecule has 3 fully saturated rings. The van der Waals surface area contributed by atoms with Crippen molar-refractivity contribution in [3.8, 4) is 0 Å². The maximum Gasteiger partial charge on any atom is 0.0880 e. The molecule has 3 heteroatoms. The number of ether oxygens (including phenoxy) is 1. The zero-order valence-electron chi connectivity index (χ0n) is 21.0. The lowest BCUT2D eigenvalue weighted by atomic mass is 9.47. The molecule has 31 heavy (non-hydrogen) atoms. The summed E-state index contributed by atoms with van der Waals surface area (Å²) >= 11 is 0. The van der Waals surface area contributed by atoms with E-state index in [9.17, 15) is 10.2 Å². The molecule has 0 aromatic rings. The third-order valence-corrected chi connectivity index (χ3v) is 11.1. The van der Waals surface area contributed by atoms with Crippen LogP contribution in [-0.4, -0.2) is 35.1 Å². The Kier molecular flexibility index (Phi) is 6.47. The SMILES string of the molecule is COC(C)(C)C(O)CC[C@@H](C)[C@H]1CC[C@H]2[C@@H]3CC=C4C[C@@H](O)CC[C@]4(C)[C@H]3CC[C@]12C. The maximum absolute atomic E-state index is 10.6. The Hall–Kier alpha value is -0.380. The molecule has 1 unspecified atom stereocenters. The minimum absolute atomic E-state index is 0.111. The monoisotopic (exact) mass is 432 g/mol. The van der Waals surface area contributed by atoms with Gasteiger partial charge in [-0.05, 0) is 118 Å². The van der Waals surface area contributed by atoms with Crippen molar-refractivity contribution in [2.75, 3.05) is 7.11 Å². The van der Waals surface area contributed by atoms with E-state index in [-0.39, 0.29) is 6.10 Å². The highest BCUT2D eigenvalue weighted by molar-refractivity contribution is 5.25. The Balaban J connectivity index is 1.46. The zero-order valence-corrected chi connectivity index (χ0v) is 21.0. The summed E-state index contributed by atoms with van der Waals surface area (Å²) in [6.07, 6.45) is 13.8. The summed E-state index contributed by atoms with van der Waals surface area (Å²) in [6.45, 7) is 11.6. The summed E-state index contributed by atoms with van der Waals surface area (Å²) in [5, 5.41) is 20.9. The number of allylic oxidation sites excluding steroid dienone is 1. The average Bonchev–Trinajstić information content (AvgIpc) is 3.09. The minimum atomic E-state index is -0.463. The van der Waals surface area contributed by atoms with Gasteiger partial charge in [0, 0.05) is 7.11 Å². The van der Waals surface area contributed by atoms with Crippen LogP contribution in [0.2, 0.25) is 0 Å². The zero-order chi connectivity index (χ0) is 22.6. The molecule has 4 aliphatic carbocycles. The fourth-order valence-electron chi connectivity index (χ4n) is 8.72. The van der Waals surface area contributed by atoms with Crippen LogP contribution in [0.3, 0.4) is 0 Å². The molecular weight excluding hydrogens is 384 g/mol. The summed E-state index contributed by atoms with van der Waals surface area (Å²) in [5.74, 6) is 3.93. The van der Waals surface area contributed by atoms with Gasteiger partial charge in [0.25, 0.3) is 0 Å². The number of hydrogen-bond acceptors (Lipinski definition) is 3. The summed E-state index contributed by atoms with van der Waals surface area (Å²) in [7, 11) is 1.70. The molecule has 0 radical (unpaired) electrons. The van der Waals surface area contributed by atoms with Gasteiger partial charge in [-0.2, -0.15) is 0 Å². The number of fused-ring (bicyclic) bond motifs is 5. The molecule has 0 saturated heterocycles. The molecule has 3 nitrogen and oxygen atoms in total. The molecule has 0 aromatic carbocycles. The molecule has 2 N–H and O–H groups in total. The van der Waals surface area contributed by atoms with Crippen molar-refractivity contribution in [3.05, 3.63) is 11.6 Å². The van der Waals surface area contributed by atoms with E-state index < -0.39 is 11.7 Å². The lowest BCUT2D eigenvalue weighted by Crippen LogP contribution is -2.50. The van der Waals surface area contributed by atoms with Crippen LogP contribution < -0.4 is 0 Å². The highest BCUT2D eigenvalue weighted by Gasteiger charge is 2.59. The Morgan fingerprint density at radius 3 is 2.55 bits per heavy atom. The van der Waals surface area contributed by atoms with Gasteiger partial charge in [0.2, 0.25) is 0 Å². The second kappa shape index (κ2) is 8.44. The number of aliphatic hydroxyl groups excluding tert-OH is 2. The molecule has 4 rings (SSSR count). The number of hydrogen-bond donors (Lipinski definition) is 2. The van der Waals surface area contributed by atoms with Gasteiger partial charge in [-0.1, -0.05) is 32.4 Å². The Labute approximate surface area is 191 Å². The minimum Gasteiger partial charge on any atom is -0.393 e. The topological polar surface area (TPSA) is 49.7 Å². The van der Waals surface area contributed by atoms with Gasteiger partial charge in [0.15, 0.2) is 0 Å². The Morgan fingerprint density at radius 2 is 1.84 bits per heavy atom. The van der Waals surface area contributed by atoms with Crippen LogP contribution in [0.4, 0.5) is 0 Å². The molecule has 0 heterocycles. The van der Waals surface area contributed by atoms with Gasteiger partial charge in [0.1, 0.15) is 0 Å². The lowest BCUT2D eigenvalue weighted by molar-refractivity contribution is -0.0850. The molecule has 9 atom stereocenters. The number of methoxy groups -OCH3 is 1. The summed E-state index contributed by atoms with van der Waals surface area (Å²) < 4.78 is 5.51. The summed E-state index contributed by atoms with van der Waals surface area (Å²) in [6, 6.07) is 0. The van der Waals surface area contributed by atoms with E-state index in [4.69, 9.17) is 4.74 Å². The quantitative estimate of drug-likeness (QED) is 0.497. The number of aliphatic hydroxyl groups is 2. The van der Waals surface area contributed by atoms with Gasteiger partial charge in [-0.15, -0.1) is 0 Å². The second-order valence-electron chi connectivity index (χ2n) is 12.8. The fraction of sp³-hybridized carbons (Fsp3) is 0.929. The van der Waals surface area contributed by atoms with Crippen molar-refractivity contribution >= 4 is 0 Å². The van der Waals surface area contributed by atoms with Crippen molar-refractivity contribution < 1.29 is 14.9 Å². The van der Waals surface area contributed by atoms with Crippen LogP contribution in [0.25, 0.3) is 0 Å². The van der Waals surface area contributed by atoms with Crippen LogP contribution >= 0.6 is 0 Å². The lowest BCUT2D eigenvalue weighted by Gasteiger charge is -2.58. The maximum atomic E-state index is 10.6. The first-order chi connectivity index (χ1) is 14.5. The molecule has 4 aliphatic rings. The summed E-state index contributed by atoms with van der Waals surface area (Å²) in [5.41, 5.74) is 1.91. The van der Waals surface area contributed by atoms with E-state index in [1.165, 1.54) is 38.5 Å². The van der Waals surface area contributed by atoms with E-state index in [1.54, 1.807) is 12.7 Å². The normalized spacial score (nSPS) is 44.6. The van der Waals surface area contributed by atoms with E-state index in [0.717, 1.165) is 49.4 Å². The molecule has 0 spiro atoms. The first kappa shape index (κ1) is 23.8. The van der Waals surface area contributed by atoms with Crippen LogP contribution in [0.5, 0.6) is 0 Å². The van der Waals surface area contributed by atoms with Gasteiger partial charge < -0.3 is 14.9 Å². The van der Waals surface area contributed by atoms with Crippen molar-refractivity contribution in [1.29, 1.82) is 0 Å². The molecular formula is C28H48O3. The van der Waals surface area contributed by atoms with Crippen molar-refractivity contribution in [2.45, 2.75) is 117 Å². The Morgan fingerprint density at radius 1 is 1.10 bits per heavy atom. The second-order valence-corrected chi connectivity index (χ2v) is 12.8. The molecule has 0 amide bonds. The van der Waals surface area contributed by atoms with Crippen molar-refractivity contribution in [3.63, 3.8) is 0 Å². The van der Waals surface area contributed by atoms with Gasteiger partial charge in [0.05, 0.1) is 17.8 Å². The predicted octanol–water partition coefficient (Wildman–Crippen LogP) is 6.13. The summed E-state index contributed by atoms with van der Waals surface area (Å²) in [4.78, 5) is 0. The molecule has 0 aromatic heterocycles. The number of rotatable bonds is 6.